The molecule has 0 spiro atoms. The van der Waals surface area contributed by atoms with Gasteiger partial charge in [0.05, 0.1) is 15.9 Å². The molecule has 7 nitrogen and oxygen atoms in total. The Bertz CT molecular complexity index is 1170. The molecule has 2 aromatic carbocycles. The van der Waals surface area contributed by atoms with Gasteiger partial charge in [0.25, 0.3) is 0 Å². The number of nitrogens with two attached hydrogens (primary N) is 1. The van der Waals surface area contributed by atoms with Crippen molar-refractivity contribution in [2.45, 2.75) is 11.4 Å². The fourth-order valence-corrected chi connectivity index (χ4v) is 4.00. The van der Waals surface area contributed by atoms with Crippen LogP contribution in [0.2, 0.25) is 10.0 Å². The van der Waals surface area contributed by atoms with Gasteiger partial charge in [-0.3, -0.25) is 4.68 Å². The number of aromatic nitrogens is 2. The summed E-state index contributed by atoms with van der Waals surface area (Å²) in [4.78, 5) is 0.0178. The average molecular weight is 535 g/mol. The molecule has 3 aromatic rings. The zero-order chi connectivity index (χ0) is 21.2. The van der Waals surface area contributed by atoms with E-state index in [2.05, 4.69) is 31.7 Å². The Labute approximate surface area is 191 Å². The Morgan fingerprint density at radius 3 is 2.48 bits per heavy atom. The van der Waals surface area contributed by atoms with Crippen LogP contribution in [0, 0.1) is 0 Å². The Kier molecular flexibility index (Phi) is 6.82. The van der Waals surface area contributed by atoms with E-state index in [0.717, 1.165) is 5.56 Å². The highest BCUT2D eigenvalue weighted by molar-refractivity contribution is 9.10. The molecule has 0 saturated carbocycles. The predicted octanol–water partition coefficient (Wildman–Crippen LogP) is 4.46. The SMILES string of the molecule is NS(=O)(=O)c1ccc(NC(=S)Nc2nn(Cc3ccc(Cl)cc3Cl)cc2Br)cc1. The molecule has 1 aromatic heterocycles. The number of anilines is 2. The highest BCUT2D eigenvalue weighted by atomic mass is 79.9. The molecule has 0 aliphatic carbocycles. The van der Waals surface area contributed by atoms with Crippen LogP contribution in [-0.4, -0.2) is 23.3 Å². The van der Waals surface area contributed by atoms with E-state index in [9.17, 15) is 8.42 Å². The molecule has 0 bridgehead atoms. The first kappa shape index (κ1) is 22.0. The zero-order valence-electron chi connectivity index (χ0n) is 14.6. The zero-order valence-corrected chi connectivity index (χ0v) is 19.3. The fraction of sp³-hybridized carbons (Fsp3) is 0.0588. The van der Waals surface area contributed by atoms with Gasteiger partial charge in [0.1, 0.15) is 0 Å². The van der Waals surface area contributed by atoms with Crippen LogP contribution >= 0.6 is 51.3 Å². The third kappa shape index (κ3) is 5.91. The Hall–Kier alpha value is -1.69. The molecule has 3 rings (SSSR count). The summed E-state index contributed by atoms with van der Waals surface area (Å²) in [5, 5.41) is 16.9. The second-order valence-electron chi connectivity index (χ2n) is 5.91. The summed E-state index contributed by atoms with van der Waals surface area (Å²) in [6, 6.07) is 11.2. The highest BCUT2D eigenvalue weighted by Gasteiger charge is 2.11. The van der Waals surface area contributed by atoms with Crippen molar-refractivity contribution in [3.05, 3.63) is 68.7 Å². The van der Waals surface area contributed by atoms with E-state index >= 15 is 0 Å². The first-order valence-electron chi connectivity index (χ1n) is 7.99. The van der Waals surface area contributed by atoms with E-state index in [1.165, 1.54) is 12.1 Å². The van der Waals surface area contributed by atoms with Crippen molar-refractivity contribution in [2.24, 2.45) is 5.14 Å². The van der Waals surface area contributed by atoms with Gasteiger partial charge in [-0.05, 0) is 70.1 Å². The highest BCUT2D eigenvalue weighted by Crippen LogP contribution is 2.25. The number of thiocarbonyl (C=S) groups is 1. The molecule has 1 heterocycles. The maximum absolute atomic E-state index is 11.3. The minimum absolute atomic E-state index is 0.0178. The average Bonchev–Trinajstić information content (AvgIpc) is 2.96. The monoisotopic (exact) mass is 533 g/mol. The summed E-state index contributed by atoms with van der Waals surface area (Å²) in [5.41, 5.74) is 1.46. The van der Waals surface area contributed by atoms with Gasteiger partial charge in [0, 0.05) is 21.9 Å². The van der Waals surface area contributed by atoms with Crippen molar-refractivity contribution in [3.63, 3.8) is 0 Å². The topological polar surface area (TPSA) is 102 Å². The standard InChI is InChI=1S/C17H14BrCl2N5O2S2/c18-14-9-25(8-10-1-2-11(19)7-15(10)20)24-16(14)23-17(28)22-12-3-5-13(6-4-12)29(21,26)27/h1-7,9H,8H2,(H2,21,26,27)(H2,22,23,24,28). The van der Waals surface area contributed by atoms with Crippen molar-refractivity contribution in [2.75, 3.05) is 10.6 Å². The number of sulfonamides is 1. The summed E-state index contributed by atoms with van der Waals surface area (Å²) >= 11 is 20.9. The van der Waals surface area contributed by atoms with Crippen molar-refractivity contribution >= 4 is 78.0 Å². The van der Waals surface area contributed by atoms with Crippen LogP contribution < -0.4 is 15.8 Å². The normalized spacial score (nSPS) is 11.3. The smallest absolute Gasteiger partial charge is 0.238 e. The number of nitrogens with one attached hydrogen (secondary N) is 2. The number of benzene rings is 2. The van der Waals surface area contributed by atoms with Gasteiger partial charge in [-0.15, -0.1) is 0 Å². The largest absolute Gasteiger partial charge is 0.332 e. The molecule has 0 unspecified atom stereocenters. The number of nitrogens with zero attached hydrogens (tertiary/aromatic N) is 2. The lowest BCUT2D eigenvalue weighted by Gasteiger charge is -2.09. The molecule has 0 radical (unpaired) electrons. The molecule has 0 saturated heterocycles. The first-order valence-corrected chi connectivity index (χ1v) is 11.5. The molecular formula is C17H14BrCl2N5O2S2. The van der Waals surface area contributed by atoms with Crippen LogP contribution in [0.3, 0.4) is 0 Å². The van der Waals surface area contributed by atoms with Crippen molar-refractivity contribution in [3.8, 4) is 0 Å². The quantitative estimate of drug-likeness (QED) is 0.418. The van der Waals surface area contributed by atoms with Crippen LogP contribution in [0.5, 0.6) is 0 Å². The molecule has 0 aliphatic rings. The van der Waals surface area contributed by atoms with E-state index in [4.69, 9.17) is 40.6 Å². The summed E-state index contributed by atoms with van der Waals surface area (Å²) < 4.78 is 25.0. The van der Waals surface area contributed by atoms with Crippen LogP contribution in [0.1, 0.15) is 5.56 Å². The minimum Gasteiger partial charge on any atom is -0.332 e. The van der Waals surface area contributed by atoms with Crippen LogP contribution in [0.25, 0.3) is 0 Å². The molecule has 29 heavy (non-hydrogen) atoms. The molecule has 152 valence electrons. The minimum atomic E-state index is -3.74. The number of hydrogen-bond donors (Lipinski definition) is 3. The second-order valence-corrected chi connectivity index (χ2v) is 9.58. The van der Waals surface area contributed by atoms with Gasteiger partial charge >= 0.3 is 0 Å². The van der Waals surface area contributed by atoms with Crippen LogP contribution in [0.15, 0.2) is 58.0 Å². The van der Waals surface area contributed by atoms with E-state index in [-0.39, 0.29) is 10.0 Å². The predicted molar refractivity (Wildman–Crippen MR) is 123 cm³/mol. The third-order valence-corrected chi connectivity index (χ3v) is 6.04. The van der Waals surface area contributed by atoms with Gasteiger partial charge in [0.15, 0.2) is 10.9 Å². The van der Waals surface area contributed by atoms with Crippen LogP contribution in [-0.2, 0) is 16.6 Å². The van der Waals surface area contributed by atoms with Crippen molar-refractivity contribution < 1.29 is 8.42 Å². The molecule has 4 N–H and O–H groups in total. The molecule has 0 aliphatic heterocycles. The lowest BCUT2D eigenvalue weighted by molar-refractivity contribution is 0.598. The molecule has 12 heteroatoms. The summed E-state index contributed by atoms with van der Waals surface area (Å²) in [7, 11) is -3.74. The summed E-state index contributed by atoms with van der Waals surface area (Å²) in [5.74, 6) is 0.508. The van der Waals surface area contributed by atoms with E-state index in [1.807, 2.05) is 6.07 Å². The maximum Gasteiger partial charge on any atom is 0.238 e. The van der Waals surface area contributed by atoms with Gasteiger partial charge in [-0.25, -0.2) is 13.6 Å². The number of hydrogen-bond acceptors (Lipinski definition) is 4. The lowest BCUT2D eigenvalue weighted by atomic mass is 10.2. The Morgan fingerprint density at radius 1 is 1.17 bits per heavy atom. The fourth-order valence-electron chi connectivity index (χ4n) is 2.39. The van der Waals surface area contributed by atoms with Gasteiger partial charge in [-0.1, -0.05) is 29.3 Å². The Morgan fingerprint density at radius 2 is 1.86 bits per heavy atom. The molecule has 0 fully saturated rings. The van der Waals surface area contributed by atoms with Crippen molar-refractivity contribution in [1.29, 1.82) is 0 Å². The lowest BCUT2D eigenvalue weighted by Crippen LogP contribution is -2.20. The summed E-state index contributed by atoms with van der Waals surface area (Å²) in [6.07, 6.45) is 1.79. The Balaban J connectivity index is 1.66. The van der Waals surface area contributed by atoms with Gasteiger partial charge in [0.2, 0.25) is 10.0 Å². The van der Waals surface area contributed by atoms with Crippen molar-refractivity contribution in [1.82, 2.24) is 9.78 Å². The number of halogens is 3. The third-order valence-electron chi connectivity index (χ3n) is 3.74. The van der Waals surface area contributed by atoms with Crippen LogP contribution in [0.4, 0.5) is 11.5 Å². The molecule has 0 amide bonds. The molecule has 0 atom stereocenters. The van der Waals surface area contributed by atoms with E-state index in [1.54, 1.807) is 35.1 Å². The van der Waals surface area contributed by atoms with E-state index < -0.39 is 10.0 Å². The maximum atomic E-state index is 11.3. The number of primary sulfonamides is 1. The van der Waals surface area contributed by atoms with Gasteiger partial charge in [-0.2, -0.15) is 5.10 Å². The van der Waals surface area contributed by atoms with Gasteiger partial charge < -0.3 is 10.6 Å². The number of rotatable bonds is 5. The molecular weight excluding hydrogens is 521 g/mol. The first-order chi connectivity index (χ1) is 13.6. The second kappa shape index (κ2) is 8.99. The van der Waals surface area contributed by atoms with E-state index in [0.29, 0.717) is 32.6 Å². The summed E-state index contributed by atoms with van der Waals surface area (Å²) in [6.45, 7) is 0.450.